The lowest BCUT2D eigenvalue weighted by molar-refractivity contribution is -0.346. The summed E-state index contributed by atoms with van der Waals surface area (Å²) < 4.78 is 38.2. The first-order valence-electron chi connectivity index (χ1n) is 23.4. The fraction of sp³-hybridized carbons (Fsp3) is 0.509. The Morgan fingerprint density at radius 1 is 0.826 bits per heavy atom. The predicted molar refractivity (Wildman–Crippen MR) is 254 cm³/mol. The van der Waals surface area contributed by atoms with Crippen LogP contribution in [0.3, 0.4) is 0 Å². The van der Waals surface area contributed by atoms with E-state index in [9.17, 15) is 29.4 Å². The molecule has 3 aromatic carbocycles. The molecule has 0 radical (unpaired) electrons. The fourth-order valence-corrected chi connectivity index (χ4v) is 12.0. The summed E-state index contributed by atoms with van der Waals surface area (Å²) in [5, 5.41) is 28.8. The summed E-state index contributed by atoms with van der Waals surface area (Å²) in [6.45, 7) is 18.2. The van der Waals surface area contributed by atoms with Gasteiger partial charge in [-0.2, -0.15) is 0 Å². The molecule has 16 heteroatoms. The van der Waals surface area contributed by atoms with Gasteiger partial charge in [0.1, 0.15) is 23.9 Å². The van der Waals surface area contributed by atoms with E-state index in [1.54, 1.807) is 99.6 Å². The molecule has 11 atom stereocenters. The number of hydrogen-bond acceptors (Lipinski definition) is 14. The van der Waals surface area contributed by atoms with E-state index in [0.29, 0.717) is 11.1 Å². The van der Waals surface area contributed by atoms with Crippen LogP contribution in [0.5, 0.6) is 0 Å². The normalized spacial score (nSPS) is 30.4. The quantitative estimate of drug-likeness (QED) is 0.0741. The van der Waals surface area contributed by atoms with Gasteiger partial charge in [0, 0.05) is 37.7 Å². The van der Waals surface area contributed by atoms with Crippen molar-refractivity contribution in [3.05, 3.63) is 119 Å². The van der Waals surface area contributed by atoms with Gasteiger partial charge >= 0.3 is 23.9 Å². The van der Waals surface area contributed by atoms with Crippen LogP contribution in [-0.4, -0.2) is 109 Å². The second kappa shape index (κ2) is 18.7. The predicted octanol–water partition coefficient (Wildman–Crippen LogP) is 6.77. The van der Waals surface area contributed by atoms with E-state index in [1.807, 2.05) is 33.9 Å². The highest BCUT2D eigenvalue weighted by atomic mass is 28.4. The molecule has 3 N–H and O–H groups in total. The smallest absolute Gasteiger partial charge is 0.338 e. The van der Waals surface area contributed by atoms with Crippen molar-refractivity contribution in [2.45, 2.75) is 147 Å². The number of esters is 4. The van der Waals surface area contributed by atoms with E-state index in [2.05, 4.69) is 5.32 Å². The zero-order valence-corrected chi connectivity index (χ0v) is 42.2. The summed E-state index contributed by atoms with van der Waals surface area (Å²) >= 11 is 0. The molecule has 370 valence electrons. The fourth-order valence-electron chi connectivity index (χ4n) is 10.8. The van der Waals surface area contributed by atoms with Crippen LogP contribution in [0.4, 0.5) is 0 Å². The Morgan fingerprint density at radius 2 is 1.39 bits per heavy atom. The van der Waals surface area contributed by atoms with Crippen molar-refractivity contribution in [1.29, 1.82) is 0 Å². The molecule has 1 aliphatic heterocycles. The number of amides is 1. The molecule has 1 saturated heterocycles. The minimum atomic E-state index is -2.93. The summed E-state index contributed by atoms with van der Waals surface area (Å²) in [6.07, 6.45) is -9.79. The Kier molecular flexibility index (Phi) is 13.9. The van der Waals surface area contributed by atoms with Gasteiger partial charge in [-0.3, -0.25) is 19.2 Å². The van der Waals surface area contributed by atoms with E-state index in [0.717, 1.165) is 6.92 Å². The van der Waals surface area contributed by atoms with Crippen LogP contribution < -0.4 is 5.32 Å². The first kappa shape index (κ1) is 51.3. The molecule has 15 nitrogen and oxygen atoms in total. The molecule has 3 aliphatic carbocycles. The standard InChI is InChI=1S/C53H65NO14Si/c1-30-36(65-48(61)42(68-69(10,11)49(4,5)6)40(33-21-15-12-16-22-33)54-46(59)34-23-17-13-18-24-34)28-53(62)45(66-47(60)35-25-19-14-20-26-35)43-51(9,37(57)27-38-52(43,29-63-38)67-32(3)56)44(58)41(64-31(2)55)39(30)50(53,7)8/h12-26,36-38,40-43,45,57,62H,27-29H2,1-11H3,(H,54,59)/t36-,37-,38?,40-,41+,42+,43-,45-,51+,52-,53+/m0/s1. The number of hydrogen-bond donors (Lipinski definition) is 3. The van der Waals surface area contributed by atoms with E-state index in [1.165, 1.54) is 26.0 Å². The molecule has 3 aromatic rings. The number of carbonyl (C=O) groups excluding carboxylic acids is 6. The molecule has 0 spiro atoms. The van der Waals surface area contributed by atoms with Gasteiger partial charge in [-0.15, -0.1) is 0 Å². The third-order valence-electron chi connectivity index (χ3n) is 15.7. The lowest BCUT2D eigenvalue weighted by Gasteiger charge is -2.67. The molecule has 2 saturated carbocycles. The summed E-state index contributed by atoms with van der Waals surface area (Å²) in [5.74, 6) is -6.32. The van der Waals surface area contributed by atoms with Crippen molar-refractivity contribution >= 4 is 43.9 Å². The Morgan fingerprint density at radius 3 is 1.91 bits per heavy atom. The van der Waals surface area contributed by atoms with Gasteiger partial charge < -0.3 is 43.6 Å². The average Bonchev–Trinajstić information content (AvgIpc) is 3.28. The summed E-state index contributed by atoms with van der Waals surface area (Å²) in [6, 6.07) is 24.2. The number of aliphatic hydroxyl groups excluding tert-OH is 1. The highest BCUT2D eigenvalue weighted by Crippen LogP contribution is 2.64. The van der Waals surface area contributed by atoms with Gasteiger partial charge in [-0.1, -0.05) is 101 Å². The topological polar surface area (TPSA) is 210 Å². The molecule has 1 heterocycles. The lowest BCUT2D eigenvalue weighted by Crippen LogP contribution is -2.82. The second-order valence-electron chi connectivity index (χ2n) is 21.2. The second-order valence-corrected chi connectivity index (χ2v) is 26.0. The van der Waals surface area contributed by atoms with Gasteiger partial charge in [0.25, 0.3) is 5.91 Å². The SMILES string of the molecule is CC(=O)O[C@H]1C(=O)[C@]2(C)[C@@H](O)CC3OC[C@@]3(OC(C)=O)[C@H]2[C@H](OC(=O)c2ccccc2)[C@]2(O)C[C@H](OC(=O)[C@H](O[Si](C)(C)C(C)(C)C)[C@@H](NC(=O)c3ccccc3)c3ccccc3)C(C)=C1C2(C)C. The van der Waals surface area contributed by atoms with Crippen LogP contribution in [0, 0.1) is 16.7 Å². The molecular weight excluding hydrogens is 903 g/mol. The van der Waals surface area contributed by atoms with Crippen LogP contribution in [0.25, 0.3) is 0 Å². The zero-order chi connectivity index (χ0) is 50.6. The Bertz CT molecular complexity index is 2510. The van der Waals surface area contributed by atoms with Crippen LogP contribution in [0.1, 0.15) is 107 Å². The molecule has 7 rings (SSSR count). The maximum absolute atomic E-state index is 15.8. The first-order chi connectivity index (χ1) is 32.2. The van der Waals surface area contributed by atoms with Gasteiger partial charge in [-0.05, 0) is 73.0 Å². The van der Waals surface area contributed by atoms with Crippen molar-refractivity contribution in [2.24, 2.45) is 16.7 Å². The number of fused-ring (bicyclic) bond motifs is 5. The van der Waals surface area contributed by atoms with E-state index >= 15 is 9.59 Å². The van der Waals surface area contributed by atoms with E-state index in [4.69, 9.17) is 28.1 Å². The van der Waals surface area contributed by atoms with E-state index < -0.39 is 126 Å². The largest absolute Gasteiger partial charge is 0.456 e. The van der Waals surface area contributed by atoms with Gasteiger partial charge in [-0.25, -0.2) is 9.59 Å². The minimum absolute atomic E-state index is 0.0502. The van der Waals surface area contributed by atoms with Crippen LogP contribution >= 0.6 is 0 Å². The summed E-state index contributed by atoms with van der Waals surface area (Å²) in [7, 11) is -2.93. The third-order valence-corrected chi connectivity index (χ3v) is 20.1. The number of ketones is 1. The third kappa shape index (κ3) is 8.98. The van der Waals surface area contributed by atoms with Crippen molar-refractivity contribution < 1.29 is 67.1 Å². The lowest BCUT2D eigenvalue weighted by atomic mass is 9.44. The van der Waals surface area contributed by atoms with Gasteiger partial charge in [0.15, 0.2) is 31.9 Å². The number of Topliss-reactive ketones (excluding diaryl/α,β-unsaturated/α-hetero) is 1. The maximum Gasteiger partial charge on any atom is 0.338 e. The molecule has 1 unspecified atom stereocenters. The average molecular weight is 968 g/mol. The Labute approximate surface area is 404 Å². The van der Waals surface area contributed by atoms with Crippen molar-refractivity contribution in [2.75, 3.05) is 6.61 Å². The van der Waals surface area contributed by atoms with Crippen LogP contribution in [-0.2, 0) is 47.3 Å². The summed E-state index contributed by atoms with van der Waals surface area (Å²) in [4.78, 5) is 86.2. The van der Waals surface area contributed by atoms with Crippen LogP contribution in [0.2, 0.25) is 18.1 Å². The number of rotatable bonds is 12. The Hall–Kier alpha value is -5.52. The van der Waals surface area contributed by atoms with Crippen molar-refractivity contribution in [1.82, 2.24) is 5.32 Å². The molecule has 3 fully saturated rings. The highest BCUT2D eigenvalue weighted by molar-refractivity contribution is 6.74. The zero-order valence-electron chi connectivity index (χ0n) is 41.2. The van der Waals surface area contributed by atoms with E-state index in [-0.39, 0.29) is 29.7 Å². The number of benzene rings is 3. The number of ether oxygens (including phenoxy) is 5. The molecule has 4 aliphatic rings. The number of aliphatic hydroxyl groups is 2. The van der Waals surface area contributed by atoms with Crippen LogP contribution in [0.15, 0.2) is 102 Å². The first-order valence-corrected chi connectivity index (χ1v) is 26.3. The molecule has 0 aromatic heterocycles. The Balaban J connectivity index is 1.44. The number of carbonyl (C=O) groups is 6. The maximum atomic E-state index is 15.8. The number of nitrogens with one attached hydrogen (secondary N) is 1. The van der Waals surface area contributed by atoms with Crippen molar-refractivity contribution in [3.8, 4) is 0 Å². The molecular formula is C53H65NO14Si. The minimum Gasteiger partial charge on any atom is -0.456 e. The van der Waals surface area contributed by atoms with Gasteiger partial charge in [0.2, 0.25) is 0 Å². The monoisotopic (exact) mass is 967 g/mol. The molecule has 1 amide bonds. The van der Waals surface area contributed by atoms with Crippen molar-refractivity contribution in [3.63, 3.8) is 0 Å². The molecule has 69 heavy (non-hydrogen) atoms. The summed E-state index contributed by atoms with van der Waals surface area (Å²) in [5.41, 5.74) is -6.59. The highest BCUT2D eigenvalue weighted by Gasteiger charge is 2.78. The van der Waals surface area contributed by atoms with Gasteiger partial charge in [0.05, 0.1) is 35.6 Å². The molecule has 2 bridgehead atoms.